The average Bonchev–Trinajstić information content (AvgIpc) is 2.80. The first kappa shape index (κ1) is 21.4. The van der Waals surface area contributed by atoms with Gasteiger partial charge in [0, 0.05) is 29.9 Å². The van der Waals surface area contributed by atoms with Crippen molar-refractivity contribution in [2.45, 2.75) is 6.54 Å². The lowest BCUT2D eigenvalue weighted by atomic mass is 10.0. The van der Waals surface area contributed by atoms with Gasteiger partial charge in [-0.1, -0.05) is 12.1 Å². The fraction of sp³-hybridized carbons (Fsp3) is 0.0870. The summed E-state index contributed by atoms with van der Waals surface area (Å²) in [6.07, 6.45) is 2.96. The van der Waals surface area contributed by atoms with E-state index in [-0.39, 0.29) is 28.5 Å². The van der Waals surface area contributed by atoms with Gasteiger partial charge in [-0.15, -0.1) is 0 Å². The van der Waals surface area contributed by atoms with Crippen LogP contribution in [0.15, 0.2) is 65.7 Å². The van der Waals surface area contributed by atoms with Gasteiger partial charge in [0.25, 0.3) is 5.91 Å². The van der Waals surface area contributed by atoms with E-state index < -0.39 is 22.6 Å². The number of aromatic nitrogens is 1. The molecule has 1 atom stereocenters. The number of Topliss-reactive ketones (excluding diaryl/α,β-unsaturated/α-hetero) is 1. The van der Waals surface area contributed by atoms with E-state index in [0.29, 0.717) is 17.1 Å². The number of hydrogen-bond donors (Lipinski definition) is 2. The van der Waals surface area contributed by atoms with Crippen molar-refractivity contribution >= 4 is 34.4 Å². The fourth-order valence-corrected chi connectivity index (χ4v) is 4.17. The topological polar surface area (TPSA) is 97.4 Å². The number of pyridine rings is 1. The molecule has 7 nitrogen and oxygen atoms in total. The Morgan fingerprint density at radius 2 is 2.06 bits per heavy atom. The van der Waals surface area contributed by atoms with Gasteiger partial charge in [-0.3, -0.25) is 9.59 Å². The highest BCUT2D eigenvalue weighted by atomic mass is 32.2. The van der Waals surface area contributed by atoms with Crippen LogP contribution < -0.4 is 14.8 Å². The van der Waals surface area contributed by atoms with E-state index in [2.05, 4.69) is 15.0 Å². The molecule has 162 valence electrons. The highest BCUT2D eigenvalue weighted by molar-refractivity contribution is 7.91. The number of ketones is 1. The Hall–Kier alpha value is -3.85. The van der Waals surface area contributed by atoms with Crippen molar-refractivity contribution in [3.05, 3.63) is 93.8 Å². The number of nitrogens with one attached hydrogen (secondary N) is 2. The second-order valence-corrected chi connectivity index (χ2v) is 8.09. The SMILES string of the molecule is COc1cc(CNC(=O)c2ccc3c(c2)C(=O)/C(=C/c2cccc(F)c2)S(=O)N3)ccn1. The summed E-state index contributed by atoms with van der Waals surface area (Å²) in [4.78, 5) is 29.6. The molecule has 0 spiro atoms. The van der Waals surface area contributed by atoms with Crippen molar-refractivity contribution in [2.75, 3.05) is 11.8 Å². The molecule has 0 radical (unpaired) electrons. The molecule has 0 bridgehead atoms. The third-order valence-electron chi connectivity index (χ3n) is 4.76. The van der Waals surface area contributed by atoms with E-state index in [1.807, 2.05) is 0 Å². The highest BCUT2D eigenvalue weighted by Crippen LogP contribution is 2.29. The summed E-state index contributed by atoms with van der Waals surface area (Å²) in [7, 11) is -0.298. The zero-order chi connectivity index (χ0) is 22.7. The number of amides is 1. The molecule has 1 aromatic heterocycles. The van der Waals surface area contributed by atoms with Crippen LogP contribution in [0.1, 0.15) is 31.8 Å². The lowest BCUT2D eigenvalue weighted by Gasteiger charge is -2.19. The smallest absolute Gasteiger partial charge is 0.251 e. The Morgan fingerprint density at radius 3 is 2.84 bits per heavy atom. The third kappa shape index (κ3) is 4.57. The molecule has 0 fully saturated rings. The van der Waals surface area contributed by atoms with Gasteiger partial charge < -0.3 is 14.8 Å². The van der Waals surface area contributed by atoms with Crippen LogP contribution in [0.4, 0.5) is 10.1 Å². The predicted molar refractivity (Wildman–Crippen MR) is 119 cm³/mol. The van der Waals surface area contributed by atoms with E-state index in [9.17, 15) is 18.2 Å². The Labute approximate surface area is 185 Å². The standard InChI is InChI=1S/C23H18FN3O4S/c1-31-21-11-15(7-8-25-21)13-26-23(29)16-5-6-19-18(12-16)22(28)20(32(30)27-19)10-14-3-2-4-17(24)9-14/h2-12,27H,13H2,1H3,(H,26,29)/b20-10-. The van der Waals surface area contributed by atoms with Crippen LogP contribution in [0.3, 0.4) is 0 Å². The molecule has 2 heterocycles. The average molecular weight is 451 g/mol. The number of ether oxygens (including phenoxy) is 1. The lowest BCUT2D eigenvalue weighted by molar-refractivity contribution is 0.0951. The van der Waals surface area contributed by atoms with Crippen molar-refractivity contribution in [1.29, 1.82) is 0 Å². The second-order valence-electron chi connectivity index (χ2n) is 6.91. The molecule has 2 N–H and O–H groups in total. The number of allylic oxidation sites excluding steroid dienone is 1. The Bertz CT molecular complexity index is 1280. The van der Waals surface area contributed by atoms with Crippen molar-refractivity contribution < 1.29 is 22.9 Å². The monoisotopic (exact) mass is 451 g/mol. The number of methoxy groups -OCH3 is 1. The summed E-state index contributed by atoms with van der Waals surface area (Å²) in [5, 5.41) is 2.78. The molecule has 1 amide bonds. The first-order valence-corrected chi connectivity index (χ1v) is 10.7. The Morgan fingerprint density at radius 1 is 1.22 bits per heavy atom. The summed E-state index contributed by atoms with van der Waals surface area (Å²) in [5.74, 6) is -0.895. The molecular formula is C23H18FN3O4S. The quantitative estimate of drug-likeness (QED) is 0.579. The van der Waals surface area contributed by atoms with Crippen LogP contribution in [0.2, 0.25) is 0 Å². The van der Waals surface area contributed by atoms with Crippen LogP contribution in [-0.2, 0) is 17.5 Å². The van der Waals surface area contributed by atoms with Gasteiger partial charge in [0.2, 0.25) is 11.7 Å². The maximum absolute atomic E-state index is 13.5. The molecule has 4 rings (SSSR count). The number of halogens is 1. The molecule has 1 aliphatic rings. The number of nitrogens with zero attached hydrogens (tertiary/aromatic N) is 1. The Kier molecular flexibility index (Phi) is 6.09. The molecule has 9 heteroatoms. The van der Waals surface area contributed by atoms with Crippen molar-refractivity contribution in [2.24, 2.45) is 0 Å². The van der Waals surface area contributed by atoms with E-state index in [1.165, 1.54) is 43.5 Å². The van der Waals surface area contributed by atoms with E-state index >= 15 is 0 Å². The van der Waals surface area contributed by atoms with Crippen molar-refractivity contribution in [3.63, 3.8) is 0 Å². The summed E-state index contributed by atoms with van der Waals surface area (Å²) in [6, 6.07) is 13.6. The molecule has 3 aromatic rings. The first-order chi connectivity index (χ1) is 15.4. The van der Waals surface area contributed by atoms with Gasteiger partial charge >= 0.3 is 0 Å². The normalized spacial score (nSPS) is 16.2. The molecule has 0 saturated carbocycles. The van der Waals surface area contributed by atoms with Gasteiger partial charge in [-0.2, -0.15) is 0 Å². The van der Waals surface area contributed by atoms with Gasteiger partial charge in [-0.05, 0) is 53.6 Å². The zero-order valence-corrected chi connectivity index (χ0v) is 17.7. The maximum Gasteiger partial charge on any atom is 0.251 e. The van der Waals surface area contributed by atoms with E-state index in [0.717, 1.165) is 5.56 Å². The number of hydrogen-bond acceptors (Lipinski definition) is 5. The van der Waals surface area contributed by atoms with Crippen LogP contribution in [0.25, 0.3) is 6.08 Å². The van der Waals surface area contributed by atoms with Gasteiger partial charge in [-0.25, -0.2) is 13.6 Å². The number of benzene rings is 2. The van der Waals surface area contributed by atoms with Gasteiger partial charge in [0.15, 0.2) is 11.0 Å². The number of rotatable bonds is 5. The second kappa shape index (κ2) is 9.11. The molecule has 32 heavy (non-hydrogen) atoms. The molecule has 0 aliphatic carbocycles. The van der Waals surface area contributed by atoms with Crippen LogP contribution in [0, 0.1) is 5.82 Å². The Balaban J connectivity index is 1.56. The fourth-order valence-electron chi connectivity index (χ4n) is 3.16. The van der Waals surface area contributed by atoms with Gasteiger partial charge in [0.05, 0.1) is 12.8 Å². The zero-order valence-electron chi connectivity index (χ0n) is 16.9. The number of carbonyl (C=O) groups excluding carboxylic acids is 2. The first-order valence-electron chi connectivity index (χ1n) is 9.56. The molecule has 0 saturated heterocycles. The van der Waals surface area contributed by atoms with Crippen LogP contribution in [-0.4, -0.2) is 28.0 Å². The predicted octanol–water partition coefficient (Wildman–Crippen LogP) is 3.47. The summed E-state index contributed by atoms with van der Waals surface area (Å²) in [6.45, 7) is 0.246. The minimum absolute atomic E-state index is 0.0236. The molecule has 1 aliphatic heterocycles. The van der Waals surface area contributed by atoms with Crippen molar-refractivity contribution in [1.82, 2.24) is 10.3 Å². The van der Waals surface area contributed by atoms with Crippen molar-refractivity contribution in [3.8, 4) is 5.88 Å². The lowest BCUT2D eigenvalue weighted by Crippen LogP contribution is -2.25. The highest BCUT2D eigenvalue weighted by Gasteiger charge is 2.28. The summed E-state index contributed by atoms with van der Waals surface area (Å²) in [5.41, 5.74) is 2.06. The maximum atomic E-state index is 13.5. The molecular weight excluding hydrogens is 433 g/mol. The van der Waals surface area contributed by atoms with Gasteiger partial charge in [0.1, 0.15) is 10.7 Å². The largest absolute Gasteiger partial charge is 0.481 e. The number of anilines is 1. The third-order valence-corrected chi connectivity index (χ3v) is 5.87. The van der Waals surface area contributed by atoms with Crippen LogP contribution in [0.5, 0.6) is 5.88 Å². The molecule has 1 unspecified atom stereocenters. The minimum atomic E-state index is -1.80. The summed E-state index contributed by atoms with van der Waals surface area (Å²) >= 11 is 0. The summed E-state index contributed by atoms with van der Waals surface area (Å²) < 4.78 is 33.8. The van der Waals surface area contributed by atoms with E-state index in [1.54, 1.807) is 30.5 Å². The minimum Gasteiger partial charge on any atom is -0.481 e. The van der Waals surface area contributed by atoms with E-state index in [4.69, 9.17) is 4.74 Å². The number of fused-ring (bicyclic) bond motifs is 1. The number of carbonyl (C=O) groups is 2. The van der Waals surface area contributed by atoms with Crippen LogP contribution >= 0.6 is 0 Å². The molecule has 2 aromatic carbocycles.